The maximum Gasteiger partial charge on any atom is 0.229 e. The van der Waals surface area contributed by atoms with E-state index in [1.54, 1.807) is 6.07 Å². The highest BCUT2D eigenvalue weighted by atomic mass is 35.5. The van der Waals surface area contributed by atoms with Crippen LogP contribution in [0.5, 0.6) is 0 Å². The van der Waals surface area contributed by atoms with Gasteiger partial charge in [0, 0.05) is 31.3 Å². The van der Waals surface area contributed by atoms with Crippen molar-refractivity contribution in [2.75, 3.05) is 11.4 Å². The number of thioether (sulfide) groups is 1. The van der Waals surface area contributed by atoms with Gasteiger partial charge >= 0.3 is 0 Å². The van der Waals surface area contributed by atoms with Gasteiger partial charge in [-0.05, 0) is 17.7 Å². The fraction of sp³-hybridized carbons (Fsp3) is 0.400. The SMILES string of the molecule is CC(=O)SC1CC(=O)N(c2ccnc(Cl)n2)C1. The molecular formula is C10H10ClN3O2S. The summed E-state index contributed by atoms with van der Waals surface area (Å²) in [6, 6.07) is 1.63. The molecule has 1 aliphatic rings. The van der Waals surface area contributed by atoms with Gasteiger partial charge in [-0.3, -0.25) is 14.5 Å². The van der Waals surface area contributed by atoms with Crippen molar-refractivity contribution < 1.29 is 9.59 Å². The summed E-state index contributed by atoms with van der Waals surface area (Å²) in [5.74, 6) is 0.445. The molecule has 0 aromatic carbocycles. The molecule has 0 N–H and O–H groups in total. The Hall–Kier alpha value is -1.14. The number of hydrogen-bond acceptors (Lipinski definition) is 5. The van der Waals surface area contributed by atoms with E-state index in [1.165, 1.54) is 29.8 Å². The maximum absolute atomic E-state index is 11.8. The predicted molar refractivity (Wildman–Crippen MR) is 66.1 cm³/mol. The van der Waals surface area contributed by atoms with Gasteiger partial charge in [0.15, 0.2) is 5.12 Å². The van der Waals surface area contributed by atoms with E-state index in [0.29, 0.717) is 18.8 Å². The lowest BCUT2D eigenvalue weighted by molar-refractivity contribution is -0.117. The van der Waals surface area contributed by atoms with E-state index in [-0.39, 0.29) is 21.6 Å². The largest absolute Gasteiger partial charge is 0.295 e. The van der Waals surface area contributed by atoms with Gasteiger partial charge in [-0.25, -0.2) is 9.97 Å². The summed E-state index contributed by atoms with van der Waals surface area (Å²) in [7, 11) is 0. The Labute approximate surface area is 108 Å². The van der Waals surface area contributed by atoms with Crippen LogP contribution >= 0.6 is 23.4 Å². The van der Waals surface area contributed by atoms with Crippen LogP contribution < -0.4 is 4.90 Å². The zero-order valence-electron chi connectivity index (χ0n) is 9.09. The summed E-state index contributed by atoms with van der Waals surface area (Å²) in [5, 5.41) is 0.122. The maximum atomic E-state index is 11.8. The van der Waals surface area contributed by atoms with Crippen LogP contribution in [0.4, 0.5) is 5.82 Å². The molecule has 1 unspecified atom stereocenters. The van der Waals surface area contributed by atoms with Gasteiger partial charge < -0.3 is 0 Å². The van der Waals surface area contributed by atoms with Crippen LogP contribution in [-0.2, 0) is 9.59 Å². The van der Waals surface area contributed by atoms with Gasteiger partial charge in [0.1, 0.15) is 5.82 Å². The Kier molecular flexibility index (Phi) is 3.63. The number of aromatic nitrogens is 2. The van der Waals surface area contributed by atoms with Gasteiger partial charge in [0.05, 0.1) is 0 Å². The second-order valence-corrected chi connectivity index (χ2v) is 5.44. The van der Waals surface area contributed by atoms with Crippen LogP contribution in [0, 0.1) is 0 Å². The molecule has 1 aliphatic heterocycles. The minimum Gasteiger partial charge on any atom is -0.295 e. The molecule has 7 heteroatoms. The van der Waals surface area contributed by atoms with Crippen LogP contribution in [0.25, 0.3) is 0 Å². The standard InChI is InChI=1S/C10H10ClN3O2S/c1-6(15)17-7-4-9(16)14(5-7)8-2-3-12-10(11)13-8/h2-3,7H,4-5H2,1H3. The number of carbonyl (C=O) groups is 2. The topological polar surface area (TPSA) is 63.2 Å². The van der Waals surface area contributed by atoms with Crippen LogP contribution in [0.1, 0.15) is 13.3 Å². The monoisotopic (exact) mass is 271 g/mol. The third-order valence-corrected chi connectivity index (χ3v) is 3.47. The minimum absolute atomic E-state index is 0.00580. The van der Waals surface area contributed by atoms with E-state index in [0.717, 1.165) is 0 Å². The van der Waals surface area contributed by atoms with E-state index < -0.39 is 0 Å². The Morgan fingerprint density at radius 2 is 2.41 bits per heavy atom. The molecule has 90 valence electrons. The highest BCUT2D eigenvalue weighted by molar-refractivity contribution is 8.14. The van der Waals surface area contributed by atoms with Crippen molar-refractivity contribution in [3.8, 4) is 0 Å². The Bertz CT molecular complexity index is 469. The highest BCUT2D eigenvalue weighted by Gasteiger charge is 2.32. The molecule has 2 rings (SSSR count). The van der Waals surface area contributed by atoms with Gasteiger partial charge in [-0.2, -0.15) is 0 Å². The van der Waals surface area contributed by atoms with Crippen molar-refractivity contribution in [2.45, 2.75) is 18.6 Å². The smallest absolute Gasteiger partial charge is 0.229 e. The zero-order chi connectivity index (χ0) is 12.4. The lowest BCUT2D eigenvalue weighted by Crippen LogP contribution is -2.26. The molecule has 5 nitrogen and oxygen atoms in total. The van der Waals surface area contributed by atoms with Crippen molar-refractivity contribution >= 4 is 40.2 Å². The number of rotatable bonds is 2. The second kappa shape index (κ2) is 5.01. The van der Waals surface area contributed by atoms with Crippen molar-refractivity contribution in [2.24, 2.45) is 0 Å². The van der Waals surface area contributed by atoms with E-state index in [4.69, 9.17) is 11.6 Å². The first-order valence-corrected chi connectivity index (χ1v) is 6.28. The molecule has 1 fully saturated rings. The number of amides is 1. The first-order chi connectivity index (χ1) is 8.06. The molecule has 2 heterocycles. The van der Waals surface area contributed by atoms with Gasteiger partial charge in [-0.15, -0.1) is 0 Å². The summed E-state index contributed by atoms with van der Waals surface area (Å²) in [4.78, 5) is 32.0. The predicted octanol–water partition coefficient (Wildman–Crippen LogP) is 1.51. The summed E-state index contributed by atoms with van der Waals surface area (Å²) >= 11 is 6.86. The highest BCUT2D eigenvalue weighted by Crippen LogP contribution is 2.27. The molecule has 1 aromatic rings. The Balaban J connectivity index is 2.13. The van der Waals surface area contributed by atoms with Gasteiger partial charge in [0.2, 0.25) is 11.2 Å². The van der Waals surface area contributed by atoms with Crippen molar-refractivity contribution in [3.05, 3.63) is 17.5 Å². The Morgan fingerprint density at radius 1 is 1.65 bits per heavy atom. The molecular weight excluding hydrogens is 262 g/mol. The Morgan fingerprint density at radius 3 is 3.06 bits per heavy atom. The molecule has 1 saturated heterocycles. The third kappa shape index (κ3) is 2.95. The fourth-order valence-electron chi connectivity index (χ4n) is 1.69. The molecule has 0 radical (unpaired) electrons. The molecule has 1 amide bonds. The molecule has 0 saturated carbocycles. The number of anilines is 1. The quantitative estimate of drug-likeness (QED) is 0.763. The molecule has 0 bridgehead atoms. The average Bonchev–Trinajstić information content (AvgIpc) is 2.58. The van der Waals surface area contributed by atoms with E-state index in [1.807, 2.05) is 0 Å². The summed E-state index contributed by atoms with van der Waals surface area (Å²) < 4.78 is 0. The summed E-state index contributed by atoms with van der Waals surface area (Å²) in [6.45, 7) is 1.98. The summed E-state index contributed by atoms with van der Waals surface area (Å²) in [6.07, 6.45) is 1.86. The van der Waals surface area contributed by atoms with Crippen LogP contribution in [0.3, 0.4) is 0 Å². The molecule has 0 spiro atoms. The molecule has 1 aromatic heterocycles. The molecule has 1 atom stereocenters. The lowest BCUT2D eigenvalue weighted by Gasteiger charge is -2.14. The normalized spacial score (nSPS) is 19.8. The zero-order valence-corrected chi connectivity index (χ0v) is 10.7. The van der Waals surface area contributed by atoms with E-state index >= 15 is 0 Å². The molecule has 0 aliphatic carbocycles. The van der Waals surface area contributed by atoms with Crippen molar-refractivity contribution in [1.82, 2.24) is 9.97 Å². The van der Waals surface area contributed by atoms with Crippen LogP contribution in [0.15, 0.2) is 12.3 Å². The number of nitrogens with zero attached hydrogens (tertiary/aromatic N) is 3. The summed E-state index contributed by atoms with van der Waals surface area (Å²) in [5.41, 5.74) is 0. The average molecular weight is 272 g/mol. The fourth-order valence-corrected chi connectivity index (χ4v) is 2.75. The van der Waals surface area contributed by atoms with Crippen molar-refractivity contribution in [3.63, 3.8) is 0 Å². The number of hydrogen-bond donors (Lipinski definition) is 0. The van der Waals surface area contributed by atoms with Gasteiger partial charge in [-0.1, -0.05) is 11.8 Å². The molecule has 17 heavy (non-hydrogen) atoms. The van der Waals surface area contributed by atoms with Crippen LogP contribution in [0.2, 0.25) is 5.28 Å². The lowest BCUT2D eigenvalue weighted by atomic mass is 10.4. The first-order valence-electron chi connectivity index (χ1n) is 5.02. The van der Waals surface area contributed by atoms with Crippen molar-refractivity contribution in [1.29, 1.82) is 0 Å². The number of halogens is 1. The third-order valence-electron chi connectivity index (χ3n) is 2.31. The van der Waals surface area contributed by atoms with E-state index in [2.05, 4.69) is 9.97 Å². The van der Waals surface area contributed by atoms with Gasteiger partial charge in [0.25, 0.3) is 0 Å². The minimum atomic E-state index is -0.0430. The number of carbonyl (C=O) groups excluding carboxylic acids is 2. The van der Waals surface area contributed by atoms with Crippen LogP contribution in [-0.4, -0.2) is 32.8 Å². The second-order valence-electron chi connectivity index (χ2n) is 3.62. The van der Waals surface area contributed by atoms with E-state index in [9.17, 15) is 9.59 Å². The first kappa shape index (κ1) is 12.3.